The first kappa shape index (κ1) is 16.6. The van der Waals surface area contributed by atoms with Gasteiger partial charge in [-0.15, -0.1) is 0 Å². The summed E-state index contributed by atoms with van der Waals surface area (Å²) in [6.07, 6.45) is 1.05. The largest absolute Gasteiger partial charge is 0.481 e. The van der Waals surface area contributed by atoms with Crippen LogP contribution in [0.1, 0.15) is 42.1 Å². The minimum Gasteiger partial charge on any atom is -0.481 e. The maximum absolute atomic E-state index is 12.0. The number of hydrogen-bond acceptors (Lipinski definition) is 4. The van der Waals surface area contributed by atoms with E-state index in [0.29, 0.717) is 18.4 Å². The van der Waals surface area contributed by atoms with Gasteiger partial charge in [0.1, 0.15) is 0 Å². The van der Waals surface area contributed by atoms with E-state index in [0.717, 1.165) is 0 Å². The van der Waals surface area contributed by atoms with E-state index in [2.05, 4.69) is 5.32 Å². The first-order valence-electron chi connectivity index (χ1n) is 6.58. The van der Waals surface area contributed by atoms with Gasteiger partial charge in [-0.05, 0) is 38.3 Å². The van der Waals surface area contributed by atoms with Crippen molar-refractivity contribution < 1.29 is 19.6 Å². The molecule has 21 heavy (non-hydrogen) atoms. The molecule has 0 aliphatic rings. The van der Waals surface area contributed by atoms with Crippen molar-refractivity contribution in [3.05, 3.63) is 39.4 Å². The van der Waals surface area contributed by atoms with E-state index in [4.69, 9.17) is 5.11 Å². The summed E-state index contributed by atoms with van der Waals surface area (Å²) in [6.45, 7) is 3.45. The molecule has 0 aromatic heterocycles. The van der Waals surface area contributed by atoms with Gasteiger partial charge in [-0.3, -0.25) is 19.7 Å². The SMILES string of the molecule is Cc1cc(C(=O)NC(C)CCCC(=O)O)cc([N+](=O)[O-])c1. The lowest BCUT2D eigenvalue weighted by Crippen LogP contribution is -2.32. The Hall–Kier alpha value is -2.44. The van der Waals surface area contributed by atoms with Crippen molar-refractivity contribution in [3.8, 4) is 0 Å². The molecule has 1 unspecified atom stereocenters. The van der Waals surface area contributed by atoms with Crippen LogP contribution in [0.3, 0.4) is 0 Å². The minimum atomic E-state index is -0.872. The number of non-ortho nitro benzene ring substituents is 1. The number of nitrogens with zero attached hydrogens (tertiary/aromatic N) is 1. The third kappa shape index (κ3) is 5.60. The maximum Gasteiger partial charge on any atom is 0.303 e. The molecule has 114 valence electrons. The summed E-state index contributed by atoms with van der Waals surface area (Å²) in [5.74, 6) is -1.27. The van der Waals surface area contributed by atoms with E-state index in [9.17, 15) is 19.7 Å². The monoisotopic (exact) mass is 294 g/mol. The number of rotatable bonds is 7. The maximum atomic E-state index is 12.0. The standard InChI is InChI=1S/C14H18N2O5/c1-9-6-11(8-12(7-9)16(20)21)14(19)15-10(2)4-3-5-13(17)18/h6-8,10H,3-5H2,1-2H3,(H,15,19)(H,17,18). The molecule has 0 fully saturated rings. The quantitative estimate of drug-likeness (QED) is 0.592. The van der Waals surface area contributed by atoms with Crippen molar-refractivity contribution >= 4 is 17.6 Å². The fraction of sp³-hybridized carbons (Fsp3) is 0.429. The molecular weight excluding hydrogens is 276 g/mol. The second-order valence-corrected chi connectivity index (χ2v) is 4.97. The summed E-state index contributed by atoms with van der Waals surface area (Å²) in [5.41, 5.74) is 0.735. The zero-order valence-corrected chi connectivity index (χ0v) is 12.0. The summed E-state index contributed by atoms with van der Waals surface area (Å²) in [6, 6.07) is 4.00. The van der Waals surface area contributed by atoms with Crippen molar-refractivity contribution in [2.75, 3.05) is 0 Å². The number of carbonyl (C=O) groups is 2. The molecule has 1 aromatic rings. The third-order valence-electron chi connectivity index (χ3n) is 2.94. The van der Waals surface area contributed by atoms with Gasteiger partial charge in [0.05, 0.1) is 4.92 Å². The first-order valence-corrected chi connectivity index (χ1v) is 6.58. The predicted molar refractivity (Wildman–Crippen MR) is 76.2 cm³/mol. The van der Waals surface area contributed by atoms with E-state index in [1.54, 1.807) is 19.9 Å². The molecule has 2 N–H and O–H groups in total. The van der Waals surface area contributed by atoms with Gasteiger partial charge in [0, 0.05) is 30.2 Å². The number of hydrogen-bond donors (Lipinski definition) is 2. The number of amides is 1. The van der Waals surface area contributed by atoms with E-state index in [1.807, 2.05) is 0 Å². The molecule has 7 heteroatoms. The number of nitro groups is 1. The zero-order chi connectivity index (χ0) is 16.0. The Morgan fingerprint density at radius 3 is 2.62 bits per heavy atom. The first-order chi connectivity index (χ1) is 9.79. The lowest BCUT2D eigenvalue weighted by molar-refractivity contribution is -0.384. The Bertz CT molecular complexity index is 556. The van der Waals surface area contributed by atoms with Crippen LogP contribution in [0.4, 0.5) is 5.69 Å². The van der Waals surface area contributed by atoms with Gasteiger partial charge in [0.2, 0.25) is 0 Å². The Balaban J connectivity index is 2.66. The summed E-state index contributed by atoms with van der Waals surface area (Å²) in [7, 11) is 0. The molecule has 0 bridgehead atoms. The van der Waals surface area contributed by atoms with E-state index in [-0.39, 0.29) is 23.7 Å². The molecule has 0 radical (unpaired) electrons. The highest BCUT2D eigenvalue weighted by molar-refractivity contribution is 5.95. The highest BCUT2D eigenvalue weighted by Crippen LogP contribution is 2.17. The number of carboxylic acid groups (broad SMARTS) is 1. The van der Waals surface area contributed by atoms with Gasteiger partial charge in [-0.2, -0.15) is 0 Å². The predicted octanol–water partition coefficient (Wildman–Crippen LogP) is 2.28. The average Bonchev–Trinajstić information content (AvgIpc) is 2.37. The molecule has 0 aliphatic carbocycles. The van der Waals surface area contributed by atoms with Gasteiger partial charge in [0.25, 0.3) is 11.6 Å². The Labute approximate surface area is 122 Å². The number of aryl methyl sites for hydroxylation is 1. The number of benzene rings is 1. The topological polar surface area (TPSA) is 110 Å². The number of carboxylic acids is 1. The van der Waals surface area contributed by atoms with Gasteiger partial charge in [-0.25, -0.2) is 0 Å². The Kier molecular flexibility index (Phi) is 5.83. The van der Waals surface area contributed by atoms with Crippen LogP contribution >= 0.6 is 0 Å². The van der Waals surface area contributed by atoms with Gasteiger partial charge >= 0.3 is 5.97 Å². The highest BCUT2D eigenvalue weighted by Gasteiger charge is 2.15. The smallest absolute Gasteiger partial charge is 0.303 e. The second-order valence-electron chi connectivity index (χ2n) is 4.97. The molecule has 0 heterocycles. The van der Waals surface area contributed by atoms with Crippen LogP contribution in [0.25, 0.3) is 0 Å². The van der Waals surface area contributed by atoms with Crippen molar-refractivity contribution in [3.63, 3.8) is 0 Å². The Morgan fingerprint density at radius 2 is 2.05 bits per heavy atom. The Morgan fingerprint density at radius 1 is 1.38 bits per heavy atom. The van der Waals surface area contributed by atoms with Crippen molar-refractivity contribution in [2.24, 2.45) is 0 Å². The summed E-state index contributed by atoms with van der Waals surface area (Å²) in [5, 5.41) is 22.0. The molecule has 1 amide bonds. The molecule has 7 nitrogen and oxygen atoms in total. The number of aliphatic carboxylic acids is 1. The van der Waals surface area contributed by atoms with Crippen LogP contribution in [0.2, 0.25) is 0 Å². The normalized spacial score (nSPS) is 11.7. The van der Waals surface area contributed by atoms with Crippen LogP contribution in [-0.4, -0.2) is 27.9 Å². The lowest BCUT2D eigenvalue weighted by Gasteiger charge is -2.13. The zero-order valence-electron chi connectivity index (χ0n) is 12.0. The third-order valence-corrected chi connectivity index (χ3v) is 2.94. The minimum absolute atomic E-state index is 0.0517. The van der Waals surface area contributed by atoms with Crippen LogP contribution in [0.15, 0.2) is 18.2 Å². The summed E-state index contributed by atoms with van der Waals surface area (Å²) < 4.78 is 0. The summed E-state index contributed by atoms with van der Waals surface area (Å²) >= 11 is 0. The second kappa shape index (κ2) is 7.37. The van der Waals surface area contributed by atoms with Crippen LogP contribution < -0.4 is 5.32 Å². The van der Waals surface area contributed by atoms with Gasteiger partial charge < -0.3 is 10.4 Å². The molecule has 1 atom stereocenters. The van der Waals surface area contributed by atoms with E-state index >= 15 is 0 Å². The van der Waals surface area contributed by atoms with Crippen LogP contribution in [0, 0.1) is 17.0 Å². The molecule has 0 spiro atoms. The number of nitrogens with one attached hydrogen (secondary N) is 1. The highest BCUT2D eigenvalue weighted by atomic mass is 16.6. The number of carbonyl (C=O) groups excluding carboxylic acids is 1. The molecule has 1 aromatic carbocycles. The van der Waals surface area contributed by atoms with Crippen LogP contribution in [0.5, 0.6) is 0 Å². The van der Waals surface area contributed by atoms with E-state index in [1.165, 1.54) is 12.1 Å². The fourth-order valence-corrected chi connectivity index (χ4v) is 1.94. The van der Waals surface area contributed by atoms with Crippen molar-refractivity contribution in [1.82, 2.24) is 5.32 Å². The van der Waals surface area contributed by atoms with Gasteiger partial charge in [0.15, 0.2) is 0 Å². The fourth-order valence-electron chi connectivity index (χ4n) is 1.94. The summed E-state index contributed by atoms with van der Waals surface area (Å²) in [4.78, 5) is 32.7. The van der Waals surface area contributed by atoms with Crippen molar-refractivity contribution in [2.45, 2.75) is 39.2 Å². The van der Waals surface area contributed by atoms with Gasteiger partial charge in [-0.1, -0.05) is 0 Å². The molecular formula is C14H18N2O5. The molecule has 1 rings (SSSR count). The number of nitro benzene ring substituents is 1. The molecule has 0 aliphatic heterocycles. The molecule has 0 saturated heterocycles. The molecule has 0 saturated carbocycles. The van der Waals surface area contributed by atoms with Crippen LogP contribution in [-0.2, 0) is 4.79 Å². The van der Waals surface area contributed by atoms with Crippen molar-refractivity contribution in [1.29, 1.82) is 0 Å². The average molecular weight is 294 g/mol. The van der Waals surface area contributed by atoms with E-state index < -0.39 is 16.8 Å². The lowest BCUT2D eigenvalue weighted by atomic mass is 10.1.